The SMILES string of the molecule is C1=CCC(C2=C[C@@H](c3cccc(-c4ccc5oc6ccccc6c5c4)c3-c3ccc4c(c3)C3C=CC=CC3O4)CC(c3ccccc3)=N2)C=C1. The van der Waals surface area contributed by atoms with Crippen LogP contribution in [0.4, 0.5) is 0 Å². The average molecular weight is 646 g/mol. The summed E-state index contributed by atoms with van der Waals surface area (Å²) in [5, 5.41) is 2.27. The Labute approximate surface area is 292 Å². The lowest BCUT2D eigenvalue weighted by Gasteiger charge is -2.28. The molecule has 50 heavy (non-hydrogen) atoms. The number of benzene rings is 5. The Bertz CT molecular complexity index is 2490. The van der Waals surface area contributed by atoms with Gasteiger partial charge in [0.1, 0.15) is 23.0 Å². The summed E-state index contributed by atoms with van der Waals surface area (Å²) in [6.07, 6.45) is 21.8. The van der Waals surface area contributed by atoms with Crippen LogP contribution in [0.1, 0.15) is 41.4 Å². The molecule has 0 saturated carbocycles. The summed E-state index contributed by atoms with van der Waals surface area (Å²) < 4.78 is 12.6. The number of allylic oxidation sites excluding steroid dienone is 7. The van der Waals surface area contributed by atoms with Gasteiger partial charge in [-0.05, 0) is 76.2 Å². The molecule has 0 spiro atoms. The van der Waals surface area contributed by atoms with Crippen LogP contribution in [-0.2, 0) is 0 Å². The summed E-state index contributed by atoms with van der Waals surface area (Å²) >= 11 is 0. The molecule has 0 amide bonds. The van der Waals surface area contributed by atoms with Gasteiger partial charge in [0.2, 0.25) is 0 Å². The van der Waals surface area contributed by atoms with Gasteiger partial charge in [0, 0.05) is 51.9 Å². The quantitative estimate of drug-likeness (QED) is 0.187. The molecule has 1 aromatic heterocycles. The average Bonchev–Trinajstić information content (AvgIpc) is 3.76. The Kier molecular flexibility index (Phi) is 6.90. The molecule has 0 bridgehead atoms. The maximum Gasteiger partial charge on any atom is 0.135 e. The van der Waals surface area contributed by atoms with Gasteiger partial charge >= 0.3 is 0 Å². The molecule has 3 nitrogen and oxygen atoms in total. The summed E-state index contributed by atoms with van der Waals surface area (Å²) in [6.45, 7) is 0. The molecule has 4 atom stereocenters. The normalized spacial score (nSPS) is 21.9. The molecule has 240 valence electrons. The minimum absolute atomic E-state index is 0.0443. The van der Waals surface area contributed by atoms with Crippen LogP contribution in [0.5, 0.6) is 5.75 Å². The first-order chi connectivity index (χ1) is 24.8. The summed E-state index contributed by atoms with van der Waals surface area (Å²) in [6, 6.07) is 39.3. The highest BCUT2D eigenvalue weighted by atomic mass is 16.5. The number of para-hydroxylation sites is 1. The van der Waals surface area contributed by atoms with E-state index in [0.717, 1.165) is 51.9 Å². The number of hydrogen-bond donors (Lipinski definition) is 0. The molecule has 0 saturated heterocycles. The zero-order valence-electron chi connectivity index (χ0n) is 27.6. The predicted molar refractivity (Wildman–Crippen MR) is 205 cm³/mol. The van der Waals surface area contributed by atoms with Gasteiger partial charge < -0.3 is 9.15 Å². The Hall–Kier alpha value is -5.93. The van der Waals surface area contributed by atoms with E-state index >= 15 is 0 Å². The molecular weight excluding hydrogens is 611 g/mol. The highest BCUT2D eigenvalue weighted by Gasteiger charge is 2.33. The van der Waals surface area contributed by atoms with Crippen molar-refractivity contribution >= 4 is 27.7 Å². The first kappa shape index (κ1) is 29.0. The van der Waals surface area contributed by atoms with Crippen molar-refractivity contribution in [3.63, 3.8) is 0 Å². The number of fused-ring (bicyclic) bond motifs is 6. The highest BCUT2D eigenvalue weighted by Crippen LogP contribution is 2.48. The zero-order valence-corrected chi connectivity index (χ0v) is 27.6. The van der Waals surface area contributed by atoms with Crippen LogP contribution in [-0.4, -0.2) is 11.8 Å². The van der Waals surface area contributed by atoms with Gasteiger partial charge in [-0.15, -0.1) is 0 Å². The predicted octanol–water partition coefficient (Wildman–Crippen LogP) is 11.9. The highest BCUT2D eigenvalue weighted by molar-refractivity contribution is 6.07. The van der Waals surface area contributed by atoms with E-state index < -0.39 is 0 Å². The van der Waals surface area contributed by atoms with E-state index in [0.29, 0.717) is 0 Å². The van der Waals surface area contributed by atoms with Gasteiger partial charge in [-0.2, -0.15) is 0 Å². The van der Waals surface area contributed by atoms with Crippen molar-refractivity contribution in [3.05, 3.63) is 186 Å². The van der Waals surface area contributed by atoms with Crippen LogP contribution in [0.25, 0.3) is 44.2 Å². The third-order valence-corrected chi connectivity index (χ3v) is 10.7. The smallest absolute Gasteiger partial charge is 0.135 e. The number of rotatable bonds is 5. The van der Waals surface area contributed by atoms with Gasteiger partial charge in [-0.3, -0.25) is 4.99 Å². The van der Waals surface area contributed by atoms with Crippen LogP contribution < -0.4 is 4.74 Å². The molecule has 0 N–H and O–H groups in total. The van der Waals surface area contributed by atoms with E-state index in [1.807, 2.05) is 12.1 Å². The Morgan fingerprint density at radius 3 is 2.36 bits per heavy atom. The Balaban J connectivity index is 1.18. The van der Waals surface area contributed by atoms with Gasteiger partial charge in [0.25, 0.3) is 0 Å². The van der Waals surface area contributed by atoms with Crippen molar-refractivity contribution in [2.75, 3.05) is 0 Å². The lowest BCUT2D eigenvalue weighted by atomic mass is 9.79. The van der Waals surface area contributed by atoms with Crippen molar-refractivity contribution in [1.82, 2.24) is 0 Å². The molecule has 5 aromatic carbocycles. The first-order valence-corrected chi connectivity index (χ1v) is 17.7. The first-order valence-electron chi connectivity index (χ1n) is 17.7. The van der Waals surface area contributed by atoms with Gasteiger partial charge in [-0.25, -0.2) is 0 Å². The van der Waals surface area contributed by atoms with E-state index in [9.17, 15) is 0 Å². The van der Waals surface area contributed by atoms with Crippen molar-refractivity contribution in [3.8, 4) is 28.0 Å². The largest absolute Gasteiger partial charge is 0.485 e. The van der Waals surface area contributed by atoms with E-state index in [4.69, 9.17) is 14.1 Å². The Morgan fingerprint density at radius 2 is 1.44 bits per heavy atom. The molecular formula is C47H35NO2. The number of hydrogen-bond acceptors (Lipinski definition) is 3. The summed E-state index contributed by atoms with van der Waals surface area (Å²) in [4.78, 5) is 5.34. The molecule has 3 unspecified atom stereocenters. The van der Waals surface area contributed by atoms with Gasteiger partial charge in [0.05, 0.1) is 0 Å². The fourth-order valence-electron chi connectivity index (χ4n) is 8.27. The molecule has 3 heteroatoms. The summed E-state index contributed by atoms with van der Waals surface area (Å²) in [5.74, 6) is 1.58. The van der Waals surface area contributed by atoms with Crippen molar-refractivity contribution < 1.29 is 9.15 Å². The molecule has 6 aromatic rings. The minimum atomic E-state index is 0.0443. The maximum atomic E-state index is 6.40. The van der Waals surface area contributed by atoms with Crippen LogP contribution in [0.3, 0.4) is 0 Å². The molecule has 0 radical (unpaired) electrons. The third-order valence-electron chi connectivity index (χ3n) is 10.7. The van der Waals surface area contributed by atoms with E-state index in [2.05, 4.69) is 152 Å². The molecule has 2 aliphatic carbocycles. The van der Waals surface area contributed by atoms with Crippen LogP contribution in [0, 0.1) is 5.92 Å². The molecule has 3 heterocycles. The second-order valence-electron chi connectivity index (χ2n) is 13.7. The number of aliphatic imine (C=N–C) groups is 1. The molecule has 4 aliphatic rings. The van der Waals surface area contributed by atoms with Gasteiger partial charge in [0.15, 0.2) is 0 Å². The summed E-state index contributed by atoms with van der Waals surface area (Å²) in [5.41, 5.74) is 12.7. The molecule has 10 rings (SSSR count). The standard InChI is InChI=1S/C47H35NO2/c1-3-12-30(13-4-1)41-28-34(29-42(48-41)31-14-5-2-6-15-31)36-19-11-18-35(32-22-24-45-39(26-32)37-16-7-9-20-43(37)49-45)47(36)33-23-25-46-40(27-33)38-17-8-10-21-44(38)50-46/h1-14,16-27,29,31,34,38,44H,15,28H2/t31?,34-,38?,44?/m0/s1. The third kappa shape index (κ3) is 4.92. The minimum Gasteiger partial charge on any atom is -0.485 e. The zero-order chi connectivity index (χ0) is 33.0. The van der Waals surface area contributed by atoms with Crippen molar-refractivity contribution in [2.45, 2.75) is 30.8 Å². The van der Waals surface area contributed by atoms with Crippen LogP contribution >= 0.6 is 0 Å². The number of furan rings is 1. The van der Waals surface area contributed by atoms with Gasteiger partial charge in [-0.1, -0.05) is 127 Å². The van der Waals surface area contributed by atoms with Crippen molar-refractivity contribution in [2.24, 2.45) is 10.9 Å². The van der Waals surface area contributed by atoms with Crippen molar-refractivity contribution in [1.29, 1.82) is 0 Å². The lowest BCUT2D eigenvalue weighted by molar-refractivity contribution is 0.269. The lowest BCUT2D eigenvalue weighted by Crippen LogP contribution is -2.16. The second-order valence-corrected chi connectivity index (χ2v) is 13.7. The Morgan fingerprint density at radius 1 is 0.600 bits per heavy atom. The fourth-order valence-corrected chi connectivity index (χ4v) is 8.27. The van der Waals surface area contributed by atoms with E-state index in [1.54, 1.807) is 0 Å². The fraction of sp³-hybridized carbons (Fsp3) is 0.128. The molecule has 0 fully saturated rings. The second kappa shape index (κ2) is 11.9. The van der Waals surface area contributed by atoms with E-state index in [1.165, 1.54) is 38.9 Å². The monoisotopic (exact) mass is 645 g/mol. The maximum absolute atomic E-state index is 6.40. The number of nitrogens with zero attached hydrogens (tertiary/aromatic N) is 1. The van der Waals surface area contributed by atoms with E-state index in [-0.39, 0.29) is 23.9 Å². The number of ether oxygens (including phenoxy) is 1. The van der Waals surface area contributed by atoms with Crippen LogP contribution in [0.2, 0.25) is 0 Å². The van der Waals surface area contributed by atoms with Crippen LogP contribution in [0.15, 0.2) is 179 Å². The molecule has 2 aliphatic heterocycles. The topological polar surface area (TPSA) is 34.7 Å². The summed E-state index contributed by atoms with van der Waals surface area (Å²) in [7, 11) is 0.